The van der Waals surface area contributed by atoms with E-state index in [4.69, 9.17) is 0 Å². The van der Waals surface area contributed by atoms with Crippen LogP contribution in [0.2, 0.25) is 0 Å². The van der Waals surface area contributed by atoms with E-state index in [1.165, 1.54) is 7.11 Å². The number of anilines is 1. The number of carbonyl (C=O) groups excluding carboxylic acids is 2. The van der Waals surface area contributed by atoms with E-state index in [1.54, 1.807) is 26.0 Å². The molecule has 0 spiro atoms. The van der Waals surface area contributed by atoms with Gasteiger partial charge in [0, 0.05) is 16.3 Å². The monoisotopic (exact) mass is 294 g/mol. The van der Waals surface area contributed by atoms with E-state index >= 15 is 0 Å². The number of ether oxygens (including phenoxy) is 1. The number of allylic oxidation sites excluding steroid dienone is 1. The Labute approximate surface area is 123 Å². The van der Waals surface area contributed by atoms with Gasteiger partial charge in [0.2, 0.25) is 0 Å². The molecule has 6 heteroatoms. The molecule has 0 bridgehead atoms. The largest absolute Gasteiger partial charge is 0.466 e. The first kappa shape index (κ1) is 16.1. The average molecular weight is 294 g/mol. The van der Waals surface area contributed by atoms with Crippen molar-refractivity contribution in [1.82, 2.24) is 5.32 Å². The molecular weight excluding hydrogens is 276 g/mol. The summed E-state index contributed by atoms with van der Waals surface area (Å²) in [7, 11) is 1.29. The fraction of sp³-hybridized carbons (Fsp3) is 0.286. The third kappa shape index (κ3) is 4.31. The van der Waals surface area contributed by atoms with Crippen molar-refractivity contribution >= 4 is 30.3 Å². The summed E-state index contributed by atoms with van der Waals surface area (Å²) in [4.78, 5) is 23.9. The third-order valence-electron chi connectivity index (χ3n) is 2.82. The van der Waals surface area contributed by atoms with Crippen LogP contribution in [-0.2, 0) is 9.53 Å². The zero-order valence-electron chi connectivity index (χ0n) is 11.9. The van der Waals surface area contributed by atoms with E-state index in [2.05, 4.69) is 28.0 Å². The van der Waals surface area contributed by atoms with Gasteiger partial charge in [0.25, 0.3) is 0 Å². The average Bonchev–Trinajstić information content (AvgIpc) is 2.40. The van der Waals surface area contributed by atoms with Gasteiger partial charge in [-0.05, 0) is 38.5 Å². The lowest BCUT2D eigenvalue weighted by Crippen LogP contribution is -2.28. The van der Waals surface area contributed by atoms with E-state index < -0.39 is 12.0 Å². The molecule has 0 aliphatic heterocycles. The highest BCUT2D eigenvalue weighted by Crippen LogP contribution is 2.18. The van der Waals surface area contributed by atoms with Crippen molar-refractivity contribution in [3.8, 4) is 0 Å². The third-order valence-corrected chi connectivity index (χ3v) is 3.30. The number of carbonyl (C=O) groups is 2. The first-order chi connectivity index (χ1) is 9.35. The van der Waals surface area contributed by atoms with Gasteiger partial charge >= 0.3 is 12.0 Å². The number of amides is 2. The number of rotatable bonds is 3. The molecule has 1 aromatic carbocycles. The number of esters is 1. The summed E-state index contributed by atoms with van der Waals surface area (Å²) in [5.74, 6) is -0.476. The van der Waals surface area contributed by atoms with Crippen LogP contribution in [0.4, 0.5) is 10.5 Å². The fourth-order valence-corrected chi connectivity index (χ4v) is 1.63. The number of aryl methyl sites for hydroxylation is 1. The first-order valence-electron chi connectivity index (χ1n) is 5.98. The van der Waals surface area contributed by atoms with Gasteiger partial charge in [-0.3, -0.25) is 0 Å². The maximum atomic E-state index is 11.8. The molecule has 2 N–H and O–H groups in total. The van der Waals surface area contributed by atoms with E-state index in [-0.39, 0.29) is 0 Å². The topological polar surface area (TPSA) is 67.4 Å². The fourth-order valence-electron chi connectivity index (χ4n) is 1.42. The maximum Gasteiger partial charge on any atom is 0.335 e. The van der Waals surface area contributed by atoms with Crippen LogP contribution in [0.1, 0.15) is 19.4 Å². The first-order valence-corrected chi connectivity index (χ1v) is 6.43. The SMILES string of the molecule is COC(=O)/C(C)=C(/C)NC(=O)Nc1ccc(C)c(S)c1. The number of methoxy groups -OCH3 is 1. The second-order valence-electron chi connectivity index (χ2n) is 4.32. The summed E-state index contributed by atoms with van der Waals surface area (Å²) < 4.78 is 4.58. The number of hydrogen-bond acceptors (Lipinski definition) is 4. The summed E-state index contributed by atoms with van der Waals surface area (Å²) in [6, 6.07) is 4.97. The Morgan fingerprint density at radius 3 is 2.45 bits per heavy atom. The number of benzene rings is 1. The number of thiol groups is 1. The Morgan fingerprint density at radius 1 is 1.25 bits per heavy atom. The highest BCUT2D eigenvalue weighted by Gasteiger charge is 2.10. The highest BCUT2D eigenvalue weighted by molar-refractivity contribution is 7.80. The molecule has 1 aromatic rings. The van der Waals surface area contributed by atoms with E-state index in [9.17, 15) is 9.59 Å². The Morgan fingerprint density at radius 2 is 1.90 bits per heavy atom. The van der Waals surface area contributed by atoms with Crippen LogP contribution < -0.4 is 10.6 Å². The minimum atomic E-state index is -0.476. The van der Waals surface area contributed by atoms with Gasteiger partial charge in [0.1, 0.15) is 0 Å². The maximum absolute atomic E-state index is 11.8. The predicted molar refractivity (Wildman–Crippen MR) is 81.0 cm³/mol. The molecule has 0 heterocycles. The van der Waals surface area contributed by atoms with Crippen LogP contribution in [0.3, 0.4) is 0 Å². The van der Waals surface area contributed by atoms with Crippen LogP contribution in [-0.4, -0.2) is 19.1 Å². The summed E-state index contributed by atoms with van der Waals surface area (Å²) in [6.45, 7) is 5.14. The van der Waals surface area contributed by atoms with Crippen LogP contribution in [0.15, 0.2) is 34.4 Å². The second-order valence-corrected chi connectivity index (χ2v) is 4.80. The van der Waals surface area contributed by atoms with Crippen LogP contribution in [0.25, 0.3) is 0 Å². The Balaban J connectivity index is 2.73. The van der Waals surface area contributed by atoms with Crippen molar-refractivity contribution in [1.29, 1.82) is 0 Å². The minimum Gasteiger partial charge on any atom is -0.466 e. The van der Waals surface area contributed by atoms with Gasteiger partial charge in [-0.2, -0.15) is 0 Å². The molecule has 0 saturated heterocycles. The van der Waals surface area contributed by atoms with Crippen LogP contribution >= 0.6 is 12.6 Å². The quantitative estimate of drug-likeness (QED) is 0.456. The summed E-state index contributed by atoms with van der Waals surface area (Å²) in [6.07, 6.45) is 0. The number of urea groups is 1. The molecule has 108 valence electrons. The Hall–Kier alpha value is -1.95. The zero-order chi connectivity index (χ0) is 15.3. The molecule has 1 rings (SSSR count). The van der Waals surface area contributed by atoms with Crippen molar-refractivity contribution < 1.29 is 14.3 Å². The molecule has 0 aliphatic carbocycles. The van der Waals surface area contributed by atoms with Gasteiger partial charge in [-0.15, -0.1) is 12.6 Å². The van der Waals surface area contributed by atoms with Gasteiger partial charge in [-0.1, -0.05) is 6.07 Å². The van der Waals surface area contributed by atoms with Crippen LogP contribution in [0, 0.1) is 6.92 Å². The molecule has 0 atom stereocenters. The lowest BCUT2D eigenvalue weighted by atomic mass is 10.2. The minimum absolute atomic E-state index is 0.349. The smallest absolute Gasteiger partial charge is 0.335 e. The molecule has 0 saturated carbocycles. The van der Waals surface area contributed by atoms with Crippen LogP contribution in [0.5, 0.6) is 0 Å². The van der Waals surface area contributed by atoms with Gasteiger partial charge in [0.05, 0.1) is 12.7 Å². The van der Waals surface area contributed by atoms with E-state index in [1.807, 2.05) is 13.0 Å². The van der Waals surface area contributed by atoms with Crippen molar-refractivity contribution in [2.45, 2.75) is 25.7 Å². The molecule has 2 amide bonds. The summed E-state index contributed by atoms with van der Waals surface area (Å²) >= 11 is 4.29. The predicted octanol–water partition coefficient (Wildman–Crippen LogP) is 2.87. The number of nitrogens with one attached hydrogen (secondary N) is 2. The van der Waals surface area contributed by atoms with Crippen molar-refractivity contribution in [2.75, 3.05) is 12.4 Å². The standard InChI is InChI=1S/C14H18N2O3S/c1-8-5-6-11(7-12(8)20)16-14(18)15-10(3)9(2)13(17)19-4/h5-7,20H,1-4H3,(H2,15,16,18)/b10-9-. The Bertz CT molecular complexity index is 568. The van der Waals surface area contributed by atoms with Crippen molar-refractivity contribution in [3.05, 3.63) is 35.0 Å². The van der Waals surface area contributed by atoms with Gasteiger partial charge in [-0.25, -0.2) is 9.59 Å². The zero-order valence-corrected chi connectivity index (χ0v) is 12.8. The molecule has 20 heavy (non-hydrogen) atoms. The normalized spacial score (nSPS) is 11.4. The molecule has 0 fully saturated rings. The molecular formula is C14H18N2O3S. The lowest BCUT2D eigenvalue weighted by molar-refractivity contribution is -0.136. The molecule has 0 unspecified atom stereocenters. The second kappa shape index (κ2) is 7.00. The number of hydrogen-bond donors (Lipinski definition) is 3. The molecule has 0 radical (unpaired) electrons. The molecule has 0 aromatic heterocycles. The molecule has 5 nitrogen and oxygen atoms in total. The van der Waals surface area contributed by atoms with E-state index in [0.29, 0.717) is 17.0 Å². The summed E-state index contributed by atoms with van der Waals surface area (Å²) in [5.41, 5.74) is 2.44. The molecule has 0 aliphatic rings. The van der Waals surface area contributed by atoms with Gasteiger partial charge in [0.15, 0.2) is 0 Å². The lowest BCUT2D eigenvalue weighted by Gasteiger charge is -2.11. The summed E-state index contributed by atoms with van der Waals surface area (Å²) in [5, 5.41) is 5.25. The van der Waals surface area contributed by atoms with E-state index in [0.717, 1.165) is 10.5 Å². The van der Waals surface area contributed by atoms with Crippen molar-refractivity contribution in [2.24, 2.45) is 0 Å². The van der Waals surface area contributed by atoms with Gasteiger partial charge < -0.3 is 15.4 Å². The van der Waals surface area contributed by atoms with Crippen molar-refractivity contribution in [3.63, 3.8) is 0 Å². The Kier molecular flexibility index (Phi) is 5.64. The highest BCUT2D eigenvalue weighted by atomic mass is 32.1.